The Bertz CT molecular complexity index is 441. The van der Waals surface area contributed by atoms with Crippen molar-refractivity contribution < 1.29 is 18.4 Å². The van der Waals surface area contributed by atoms with E-state index < -0.39 is 23.1 Å². The quantitative estimate of drug-likeness (QED) is 0.604. The summed E-state index contributed by atoms with van der Waals surface area (Å²) in [7, 11) is 0. The zero-order valence-corrected chi connectivity index (χ0v) is 7.54. The molecule has 0 heterocycles. The molecule has 0 unspecified atom stereocenters. The molecule has 0 aliphatic carbocycles. The number of nitrogens with two attached hydrogens (primary N) is 1. The van der Waals surface area contributed by atoms with Crippen LogP contribution in [0.25, 0.3) is 6.08 Å². The van der Waals surface area contributed by atoms with Gasteiger partial charge in [-0.2, -0.15) is 0 Å². The van der Waals surface area contributed by atoms with Crippen LogP contribution in [0.4, 0.5) is 8.78 Å². The average molecular weight is 211 g/mol. The lowest BCUT2D eigenvalue weighted by Crippen LogP contribution is -2.05. The highest BCUT2D eigenvalue weighted by atomic mass is 19.1. The number of carbonyl (C=O) groups is 2. The van der Waals surface area contributed by atoms with E-state index in [9.17, 15) is 18.4 Å². The fraction of sp³-hybridized carbons (Fsp3) is 0. The van der Waals surface area contributed by atoms with Crippen molar-refractivity contribution in [3.63, 3.8) is 0 Å². The number of rotatable bonds is 3. The van der Waals surface area contributed by atoms with Gasteiger partial charge in [-0.3, -0.25) is 9.59 Å². The smallest absolute Gasteiger partial charge is 0.241 e. The summed E-state index contributed by atoms with van der Waals surface area (Å²) >= 11 is 0. The Balaban J connectivity index is 3.21. The second-order valence-corrected chi connectivity index (χ2v) is 2.72. The Morgan fingerprint density at radius 2 is 2.00 bits per heavy atom. The van der Waals surface area contributed by atoms with Crippen LogP contribution in [0.1, 0.15) is 15.9 Å². The second-order valence-electron chi connectivity index (χ2n) is 2.72. The van der Waals surface area contributed by atoms with Crippen LogP contribution in [0, 0.1) is 11.6 Å². The van der Waals surface area contributed by atoms with Crippen molar-refractivity contribution in [2.24, 2.45) is 5.73 Å². The first-order valence-electron chi connectivity index (χ1n) is 3.97. The molecular weight excluding hydrogens is 204 g/mol. The van der Waals surface area contributed by atoms with Gasteiger partial charge >= 0.3 is 0 Å². The van der Waals surface area contributed by atoms with Gasteiger partial charge in [0.2, 0.25) is 5.91 Å². The van der Waals surface area contributed by atoms with Crippen LogP contribution < -0.4 is 5.73 Å². The molecule has 1 aromatic carbocycles. The molecule has 0 aliphatic heterocycles. The van der Waals surface area contributed by atoms with E-state index in [0.29, 0.717) is 0 Å². The molecule has 3 nitrogen and oxygen atoms in total. The average Bonchev–Trinajstić information content (AvgIpc) is 2.17. The summed E-state index contributed by atoms with van der Waals surface area (Å²) in [4.78, 5) is 20.7. The Morgan fingerprint density at radius 3 is 2.53 bits per heavy atom. The van der Waals surface area contributed by atoms with E-state index >= 15 is 0 Å². The molecule has 0 bridgehead atoms. The molecule has 0 saturated carbocycles. The SMILES string of the molecule is NC(=O)C=Cc1ccc(F)c(C=O)c1F. The van der Waals surface area contributed by atoms with Gasteiger partial charge in [-0.25, -0.2) is 8.78 Å². The second kappa shape index (κ2) is 4.45. The minimum Gasteiger partial charge on any atom is -0.366 e. The Labute approximate surface area is 84.2 Å². The number of primary amides is 1. The van der Waals surface area contributed by atoms with Crippen LogP contribution in [0.5, 0.6) is 0 Å². The van der Waals surface area contributed by atoms with E-state index in [2.05, 4.69) is 0 Å². The van der Waals surface area contributed by atoms with Crippen LogP contribution in [-0.4, -0.2) is 12.2 Å². The third-order valence-corrected chi connectivity index (χ3v) is 1.70. The first-order chi connectivity index (χ1) is 7.06. The zero-order valence-electron chi connectivity index (χ0n) is 7.54. The molecule has 1 rings (SSSR count). The zero-order chi connectivity index (χ0) is 11.4. The molecule has 0 fully saturated rings. The molecule has 78 valence electrons. The summed E-state index contributed by atoms with van der Waals surface area (Å²) in [5, 5.41) is 0. The van der Waals surface area contributed by atoms with Gasteiger partial charge in [0.1, 0.15) is 11.6 Å². The summed E-state index contributed by atoms with van der Waals surface area (Å²) < 4.78 is 26.2. The molecule has 0 radical (unpaired) electrons. The molecule has 0 aromatic heterocycles. The number of amides is 1. The van der Waals surface area contributed by atoms with Gasteiger partial charge in [-0.05, 0) is 18.2 Å². The molecule has 1 amide bonds. The Morgan fingerprint density at radius 1 is 1.33 bits per heavy atom. The summed E-state index contributed by atoms with van der Waals surface area (Å²) in [6.07, 6.45) is 2.07. The third-order valence-electron chi connectivity index (χ3n) is 1.70. The van der Waals surface area contributed by atoms with E-state index in [1.54, 1.807) is 0 Å². The fourth-order valence-electron chi connectivity index (χ4n) is 0.995. The van der Waals surface area contributed by atoms with Crippen LogP contribution >= 0.6 is 0 Å². The predicted octanol–water partition coefficient (Wildman–Crippen LogP) is 1.28. The molecule has 2 N–H and O–H groups in total. The van der Waals surface area contributed by atoms with Crippen molar-refractivity contribution in [2.75, 3.05) is 0 Å². The number of aldehydes is 1. The first-order valence-corrected chi connectivity index (χ1v) is 3.97. The molecular formula is C10H7F2NO2. The van der Waals surface area contributed by atoms with Gasteiger partial charge in [0, 0.05) is 11.6 Å². The first kappa shape index (κ1) is 11.0. The van der Waals surface area contributed by atoms with Gasteiger partial charge in [0.25, 0.3) is 0 Å². The maximum Gasteiger partial charge on any atom is 0.241 e. The maximum atomic E-state index is 13.3. The van der Waals surface area contributed by atoms with Gasteiger partial charge in [-0.15, -0.1) is 0 Å². The minimum atomic E-state index is -1.01. The molecule has 1 aromatic rings. The standard InChI is InChI=1S/C10H7F2NO2/c11-8-3-1-6(2-4-9(13)15)10(12)7(8)5-14/h1-5H,(H2,13,15). The van der Waals surface area contributed by atoms with E-state index in [1.165, 1.54) is 0 Å². The number of benzene rings is 1. The highest BCUT2D eigenvalue weighted by Gasteiger charge is 2.10. The predicted molar refractivity (Wildman–Crippen MR) is 50.0 cm³/mol. The maximum absolute atomic E-state index is 13.3. The van der Waals surface area contributed by atoms with Gasteiger partial charge < -0.3 is 5.73 Å². The van der Waals surface area contributed by atoms with Crippen LogP contribution in [-0.2, 0) is 4.79 Å². The lowest BCUT2D eigenvalue weighted by molar-refractivity contribution is -0.113. The number of hydrogen-bond acceptors (Lipinski definition) is 2. The minimum absolute atomic E-state index is 0.0719. The van der Waals surface area contributed by atoms with Crippen molar-refractivity contribution in [2.45, 2.75) is 0 Å². The van der Waals surface area contributed by atoms with Crippen molar-refractivity contribution in [1.82, 2.24) is 0 Å². The Kier molecular flexibility index (Phi) is 3.28. The molecule has 0 atom stereocenters. The van der Waals surface area contributed by atoms with Crippen molar-refractivity contribution in [1.29, 1.82) is 0 Å². The van der Waals surface area contributed by atoms with E-state index in [-0.39, 0.29) is 11.8 Å². The van der Waals surface area contributed by atoms with Crippen LogP contribution in [0.3, 0.4) is 0 Å². The lowest BCUT2D eigenvalue weighted by atomic mass is 10.1. The normalized spacial score (nSPS) is 10.5. The summed E-state index contributed by atoms with van der Waals surface area (Å²) in [5.74, 6) is -2.72. The molecule has 0 saturated heterocycles. The van der Waals surface area contributed by atoms with E-state index in [4.69, 9.17) is 5.73 Å². The largest absolute Gasteiger partial charge is 0.366 e. The lowest BCUT2D eigenvalue weighted by Gasteiger charge is -2.00. The molecule has 0 spiro atoms. The van der Waals surface area contributed by atoms with Gasteiger partial charge in [-0.1, -0.05) is 0 Å². The van der Waals surface area contributed by atoms with Crippen molar-refractivity contribution >= 4 is 18.3 Å². The number of carbonyl (C=O) groups excluding carboxylic acids is 2. The highest BCUT2D eigenvalue weighted by molar-refractivity contribution is 5.90. The van der Waals surface area contributed by atoms with Gasteiger partial charge in [0.05, 0.1) is 5.56 Å². The van der Waals surface area contributed by atoms with E-state index in [1.807, 2.05) is 0 Å². The fourth-order valence-corrected chi connectivity index (χ4v) is 0.995. The monoisotopic (exact) mass is 211 g/mol. The summed E-state index contributed by atoms with van der Waals surface area (Å²) in [5.41, 5.74) is 4.06. The molecule has 15 heavy (non-hydrogen) atoms. The Hall–Kier alpha value is -2.04. The van der Waals surface area contributed by atoms with E-state index in [0.717, 1.165) is 24.3 Å². The van der Waals surface area contributed by atoms with Crippen LogP contribution in [0.15, 0.2) is 18.2 Å². The number of hydrogen-bond donors (Lipinski definition) is 1. The van der Waals surface area contributed by atoms with Gasteiger partial charge in [0.15, 0.2) is 6.29 Å². The highest BCUT2D eigenvalue weighted by Crippen LogP contribution is 2.16. The topological polar surface area (TPSA) is 60.2 Å². The number of halogens is 2. The molecule has 5 heteroatoms. The summed E-state index contributed by atoms with van der Waals surface area (Å²) in [6.45, 7) is 0. The van der Waals surface area contributed by atoms with Crippen LogP contribution in [0.2, 0.25) is 0 Å². The molecule has 0 aliphatic rings. The van der Waals surface area contributed by atoms with Crippen molar-refractivity contribution in [3.05, 3.63) is 41.0 Å². The van der Waals surface area contributed by atoms with Crippen molar-refractivity contribution in [3.8, 4) is 0 Å². The summed E-state index contributed by atoms with van der Waals surface area (Å²) in [6, 6.07) is 2.05. The third kappa shape index (κ3) is 2.46.